The molecule has 266 valence electrons. The lowest BCUT2D eigenvalue weighted by Gasteiger charge is -2.71. The number of fused-ring (bicyclic) bond motifs is 7. The average Bonchev–Trinajstić information content (AvgIpc) is 3.53. The number of aliphatic hydroxyl groups is 1. The smallest absolute Gasteiger partial charge is 0.312 e. The number of aliphatic hydroxyl groups excluding tert-OH is 1. The first kappa shape index (κ1) is 34.4. The molecule has 1 heterocycles. The molecule has 0 amide bonds. The van der Waals surface area contributed by atoms with Crippen molar-refractivity contribution in [1.29, 1.82) is 0 Å². The average molecular weight is 673 g/mol. The highest BCUT2D eigenvalue weighted by molar-refractivity contribution is 5.79. The van der Waals surface area contributed by atoms with E-state index in [1.807, 2.05) is 4.57 Å². The maximum atomic E-state index is 14.5. The Hall–Kier alpha value is -3.07. The van der Waals surface area contributed by atoms with Gasteiger partial charge in [-0.3, -0.25) is 14.9 Å². The molecule has 1 aromatic carbocycles. The Morgan fingerprint density at radius 2 is 1.73 bits per heavy atom. The Bertz CT molecular complexity index is 1650. The van der Waals surface area contributed by atoms with E-state index in [9.17, 15) is 20.0 Å². The highest BCUT2D eigenvalue weighted by Gasteiger charge is 2.69. The van der Waals surface area contributed by atoms with Crippen LogP contribution < -0.4 is 0 Å². The zero-order valence-corrected chi connectivity index (χ0v) is 30.6. The van der Waals surface area contributed by atoms with Gasteiger partial charge in [-0.2, -0.15) is 0 Å². The number of rotatable bonds is 6. The summed E-state index contributed by atoms with van der Waals surface area (Å²) in [7, 11) is 0. The summed E-state index contributed by atoms with van der Waals surface area (Å²) in [5, 5.41) is 30.5. The maximum absolute atomic E-state index is 14.5. The van der Waals surface area contributed by atoms with E-state index < -0.39 is 10.3 Å². The van der Waals surface area contributed by atoms with E-state index in [2.05, 4.69) is 64.7 Å². The van der Waals surface area contributed by atoms with E-state index in [1.165, 1.54) is 24.1 Å². The molecule has 4 fully saturated rings. The third kappa shape index (κ3) is 4.91. The molecule has 1 aromatic heterocycles. The molecule has 9 nitrogen and oxygen atoms in total. The molecule has 2 aromatic rings. The lowest BCUT2D eigenvalue weighted by Crippen LogP contribution is -2.65. The minimum absolute atomic E-state index is 0.0198. The van der Waals surface area contributed by atoms with Gasteiger partial charge in [0.1, 0.15) is 12.9 Å². The van der Waals surface area contributed by atoms with E-state index in [1.54, 1.807) is 18.5 Å². The second-order valence-electron chi connectivity index (χ2n) is 18.0. The number of ether oxygens (including phenoxy) is 1. The van der Waals surface area contributed by atoms with Crippen LogP contribution in [0.1, 0.15) is 106 Å². The van der Waals surface area contributed by atoms with Gasteiger partial charge < -0.3 is 14.4 Å². The fourth-order valence-corrected chi connectivity index (χ4v) is 12.6. The quantitative estimate of drug-likeness (QED) is 0.142. The number of allylic oxidation sites excluding steroid dienone is 2. The van der Waals surface area contributed by atoms with Gasteiger partial charge in [-0.15, -0.1) is 10.2 Å². The summed E-state index contributed by atoms with van der Waals surface area (Å²) in [6, 6.07) is 6.27. The van der Waals surface area contributed by atoms with E-state index in [0.29, 0.717) is 36.0 Å². The van der Waals surface area contributed by atoms with E-state index in [-0.39, 0.29) is 51.9 Å². The Morgan fingerprint density at radius 1 is 1.00 bits per heavy atom. The highest BCUT2D eigenvalue weighted by Crippen LogP contribution is 2.75. The molecule has 0 unspecified atom stereocenters. The van der Waals surface area contributed by atoms with E-state index in [0.717, 1.165) is 56.9 Å². The van der Waals surface area contributed by atoms with Gasteiger partial charge in [0.25, 0.3) is 5.69 Å². The number of carbonyl (C=O) groups is 1. The molecule has 5 aliphatic carbocycles. The molecule has 10 atom stereocenters. The molecule has 4 saturated carbocycles. The van der Waals surface area contributed by atoms with Crippen LogP contribution in [0.4, 0.5) is 5.69 Å². The second-order valence-corrected chi connectivity index (χ2v) is 18.0. The number of esters is 1. The molecule has 0 radical (unpaired) electrons. The Morgan fingerprint density at radius 3 is 2.45 bits per heavy atom. The van der Waals surface area contributed by atoms with Gasteiger partial charge in [-0.25, -0.2) is 0 Å². The largest absolute Gasteiger partial charge is 0.463 e. The lowest BCUT2D eigenvalue weighted by molar-refractivity contribution is -0.384. The van der Waals surface area contributed by atoms with Crippen LogP contribution >= 0.6 is 0 Å². The van der Waals surface area contributed by atoms with Gasteiger partial charge in [0.15, 0.2) is 5.82 Å². The van der Waals surface area contributed by atoms with Gasteiger partial charge in [0.2, 0.25) is 0 Å². The summed E-state index contributed by atoms with van der Waals surface area (Å²) in [4.78, 5) is 25.2. The molecular weight excluding hydrogens is 616 g/mol. The first-order chi connectivity index (χ1) is 23.1. The molecular formula is C40H56N4O5. The van der Waals surface area contributed by atoms with Crippen LogP contribution in [-0.2, 0) is 16.1 Å². The predicted octanol–water partition coefficient (Wildman–Crippen LogP) is 8.42. The molecule has 0 bridgehead atoms. The Kier molecular flexibility index (Phi) is 8.24. The van der Waals surface area contributed by atoms with Gasteiger partial charge >= 0.3 is 5.97 Å². The minimum Gasteiger partial charge on any atom is -0.463 e. The topological polar surface area (TPSA) is 120 Å². The molecule has 5 aliphatic rings. The van der Waals surface area contributed by atoms with E-state index >= 15 is 0 Å². The molecule has 9 heteroatoms. The van der Waals surface area contributed by atoms with Crippen molar-refractivity contribution in [2.75, 3.05) is 6.61 Å². The number of carbonyl (C=O) groups excluding carboxylic acids is 1. The van der Waals surface area contributed by atoms with Gasteiger partial charge in [0.05, 0.1) is 23.0 Å². The maximum Gasteiger partial charge on any atom is 0.312 e. The zero-order valence-electron chi connectivity index (χ0n) is 30.6. The first-order valence-corrected chi connectivity index (χ1v) is 18.8. The van der Waals surface area contributed by atoms with Gasteiger partial charge in [-0.05, 0) is 121 Å². The Balaban J connectivity index is 1.14. The normalized spacial score (nSPS) is 40.9. The summed E-state index contributed by atoms with van der Waals surface area (Å²) in [6.07, 6.45) is 13.1. The molecule has 0 spiro atoms. The molecule has 0 saturated heterocycles. The standard InChI is InChI=1S/C40H56N4O5/c1-25-14-19-40(35(46)49-23-22-43-24-41-42-34(43)27-8-10-28(11-9-27)44(47)48)21-20-38(6)29(33(40)26(25)2)12-13-31-37(5)17-16-32(45)36(3,4)30(37)15-18-39(31,38)7/h8-12,24-26,30-33,45H,13-23H2,1-7H3/t25-,26+,30-,31-,32+,33+,37+,38-,39-,40+/m1/s1. The summed E-state index contributed by atoms with van der Waals surface area (Å²) in [5.41, 5.74) is 2.03. The SMILES string of the molecule is C[C@H]1[C@H](C)CC[C@]2(C(=O)OCCn3cnnc3-c3ccc([N+](=O)[O-])cc3)CC[C@]3(C)C(=CC[C@@H]4[C@@]5(C)CC[C@H](O)C(C)(C)[C@H]5CC[C@]43C)[C@H]12. The van der Waals surface area contributed by atoms with Crippen molar-refractivity contribution >= 4 is 11.7 Å². The third-order valence-corrected chi connectivity index (χ3v) is 15.9. The fraction of sp³-hybridized carbons (Fsp3) is 0.725. The lowest BCUT2D eigenvalue weighted by atomic mass is 9.33. The van der Waals surface area contributed by atoms with Crippen molar-refractivity contribution in [2.24, 2.45) is 56.7 Å². The van der Waals surface area contributed by atoms with Crippen LogP contribution in [0.5, 0.6) is 0 Å². The number of nitro groups is 1. The van der Waals surface area contributed by atoms with Crippen molar-refractivity contribution in [2.45, 2.75) is 119 Å². The van der Waals surface area contributed by atoms with E-state index in [4.69, 9.17) is 4.74 Å². The number of benzene rings is 1. The monoisotopic (exact) mass is 672 g/mol. The van der Waals surface area contributed by atoms with Gasteiger partial charge in [0, 0.05) is 17.7 Å². The van der Waals surface area contributed by atoms with Crippen molar-refractivity contribution in [3.8, 4) is 11.4 Å². The highest BCUT2D eigenvalue weighted by atomic mass is 16.6. The number of non-ortho nitro benzene ring substituents is 1. The number of hydrogen-bond donors (Lipinski definition) is 1. The van der Waals surface area contributed by atoms with Crippen LogP contribution in [0.2, 0.25) is 0 Å². The van der Waals surface area contributed by atoms with Crippen LogP contribution in [0, 0.1) is 66.8 Å². The van der Waals surface area contributed by atoms with Crippen LogP contribution in [0.25, 0.3) is 11.4 Å². The summed E-state index contributed by atoms with van der Waals surface area (Å²) in [6.45, 7) is 17.7. The predicted molar refractivity (Wildman–Crippen MR) is 188 cm³/mol. The molecule has 49 heavy (non-hydrogen) atoms. The number of nitro benzene ring substituents is 1. The summed E-state index contributed by atoms with van der Waals surface area (Å²) >= 11 is 0. The Labute approximate surface area is 291 Å². The van der Waals surface area contributed by atoms with Crippen LogP contribution in [-0.4, -0.2) is 43.5 Å². The third-order valence-electron chi connectivity index (χ3n) is 15.9. The molecule has 0 aliphatic heterocycles. The first-order valence-electron chi connectivity index (χ1n) is 18.8. The van der Waals surface area contributed by atoms with Crippen molar-refractivity contribution in [1.82, 2.24) is 14.8 Å². The summed E-state index contributed by atoms with van der Waals surface area (Å²) < 4.78 is 8.10. The number of nitrogens with zero attached hydrogens (tertiary/aromatic N) is 4. The van der Waals surface area contributed by atoms with Crippen molar-refractivity contribution in [3.63, 3.8) is 0 Å². The summed E-state index contributed by atoms with van der Waals surface area (Å²) in [5.74, 6) is 2.69. The minimum atomic E-state index is -0.521. The van der Waals surface area contributed by atoms with Crippen LogP contribution in [0.15, 0.2) is 42.2 Å². The molecule has 7 rings (SSSR count). The van der Waals surface area contributed by atoms with Crippen molar-refractivity contribution in [3.05, 3.63) is 52.4 Å². The molecule has 1 N–H and O–H groups in total. The number of hydrogen-bond acceptors (Lipinski definition) is 7. The van der Waals surface area contributed by atoms with Gasteiger partial charge in [-0.1, -0.05) is 60.1 Å². The number of aromatic nitrogens is 3. The second kappa shape index (κ2) is 11.7. The van der Waals surface area contributed by atoms with Crippen molar-refractivity contribution < 1.29 is 19.6 Å². The van der Waals surface area contributed by atoms with Crippen LogP contribution in [0.3, 0.4) is 0 Å². The zero-order chi connectivity index (χ0) is 35.1. The fourth-order valence-electron chi connectivity index (χ4n) is 12.6.